The van der Waals surface area contributed by atoms with Crippen molar-refractivity contribution in [3.63, 3.8) is 0 Å². The zero-order valence-corrected chi connectivity index (χ0v) is 17.8. The molecule has 1 heterocycles. The van der Waals surface area contributed by atoms with Gasteiger partial charge in [0, 0.05) is 42.1 Å². The molecule has 0 spiro atoms. The summed E-state index contributed by atoms with van der Waals surface area (Å²) in [5, 5.41) is 0. The maximum Gasteiger partial charge on any atom is 0.257 e. The molecular formula is C22H25BrN2O3. The second kappa shape index (κ2) is 9.24. The zero-order valence-electron chi connectivity index (χ0n) is 16.2. The molecule has 2 amide bonds. The molecule has 0 radical (unpaired) electrons. The van der Waals surface area contributed by atoms with E-state index in [9.17, 15) is 9.59 Å². The monoisotopic (exact) mass is 444 g/mol. The average Bonchev–Trinajstić information content (AvgIpc) is 2.72. The predicted octanol–water partition coefficient (Wildman–Crippen LogP) is 3.97. The molecule has 1 fully saturated rings. The van der Waals surface area contributed by atoms with Crippen LogP contribution in [0.3, 0.4) is 0 Å². The number of benzene rings is 2. The number of nitrogens with zero attached hydrogens (tertiary/aromatic N) is 2. The van der Waals surface area contributed by atoms with Gasteiger partial charge in [0.25, 0.3) is 5.91 Å². The van der Waals surface area contributed by atoms with Crippen LogP contribution in [-0.2, 0) is 11.4 Å². The lowest BCUT2D eigenvalue weighted by Crippen LogP contribution is -2.51. The van der Waals surface area contributed by atoms with E-state index < -0.39 is 0 Å². The quantitative estimate of drug-likeness (QED) is 0.700. The zero-order chi connectivity index (χ0) is 20.1. The third-order valence-corrected chi connectivity index (χ3v) is 5.60. The summed E-state index contributed by atoms with van der Waals surface area (Å²) in [6.45, 7) is 6.40. The molecule has 0 N–H and O–H groups in total. The Bertz CT molecular complexity index is 845. The second-order valence-corrected chi connectivity index (χ2v) is 8.00. The van der Waals surface area contributed by atoms with Crippen molar-refractivity contribution in [2.45, 2.75) is 20.5 Å². The number of para-hydroxylation sites is 1. The van der Waals surface area contributed by atoms with Gasteiger partial charge in [0.2, 0.25) is 5.91 Å². The molecule has 148 valence electrons. The summed E-state index contributed by atoms with van der Waals surface area (Å²) >= 11 is 3.52. The van der Waals surface area contributed by atoms with Gasteiger partial charge in [-0.25, -0.2) is 0 Å². The first-order valence-electron chi connectivity index (χ1n) is 9.50. The minimum absolute atomic E-state index is 0.0197. The number of amides is 2. The Morgan fingerprint density at radius 3 is 2.25 bits per heavy atom. The highest BCUT2D eigenvalue weighted by atomic mass is 79.9. The van der Waals surface area contributed by atoms with Crippen LogP contribution in [0.4, 0.5) is 0 Å². The first-order valence-corrected chi connectivity index (χ1v) is 10.3. The van der Waals surface area contributed by atoms with E-state index >= 15 is 0 Å². The van der Waals surface area contributed by atoms with Gasteiger partial charge in [-0.15, -0.1) is 0 Å². The van der Waals surface area contributed by atoms with Crippen molar-refractivity contribution < 1.29 is 14.3 Å². The molecule has 0 aliphatic carbocycles. The number of ether oxygens (including phenoxy) is 1. The maximum atomic E-state index is 13.0. The van der Waals surface area contributed by atoms with E-state index in [-0.39, 0.29) is 17.7 Å². The van der Waals surface area contributed by atoms with Crippen molar-refractivity contribution >= 4 is 27.7 Å². The summed E-state index contributed by atoms with van der Waals surface area (Å²) in [5.41, 5.74) is 1.57. The smallest absolute Gasteiger partial charge is 0.257 e. The molecule has 0 saturated carbocycles. The highest BCUT2D eigenvalue weighted by molar-refractivity contribution is 9.10. The SMILES string of the molecule is CC(C)C(=O)N1CCN(C(=O)c2ccccc2OCc2ccccc2Br)CC1. The summed E-state index contributed by atoms with van der Waals surface area (Å²) in [4.78, 5) is 28.8. The summed E-state index contributed by atoms with van der Waals surface area (Å²) in [6, 6.07) is 15.2. The van der Waals surface area contributed by atoms with Crippen LogP contribution in [0.25, 0.3) is 0 Å². The Morgan fingerprint density at radius 2 is 1.57 bits per heavy atom. The Morgan fingerprint density at radius 1 is 0.964 bits per heavy atom. The van der Waals surface area contributed by atoms with E-state index in [2.05, 4.69) is 15.9 Å². The van der Waals surface area contributed by atoms with Crippen LogP contribution in [0.1, 0.15) is 29.8 Å². The van der Waals surface area contributed by atoms with Crippen molar-refractivity contribution in [1.82, 2.24) is 9.80 Å². The molecule has 0 atom stereocenters. The number of hydrogen-bond donors (Lipinski definition) is 0. The van der Waals surface area contributed by atoms with E-state index in [1.54, 1.807) is 11.0 Å². The number of piperazine rings is 1. The van der Waals surface area contributed by atoms with Gasteiger partial charge in [-0.05, 0) is 18.2 Å². The number of halogens is 1. The van der Waals surface area contributed by atoms with Crippen LogP contribution in [0, 0.1) is 5.92 Å². The number of carbonyl (C=O) groups excluding carboxylic acids is 2. The van der Waals surface area contributed by atoms with Gasteiger partial charge in [-0.1, -0.05) is 60.1 Å². The molecule has 5 nitrogen and oxygen atoms in total. The largest absolute Gasteiger partial charge is 0.488 e. The van der Waals surface area contributed by atoms with Crippen molar-refractivity contribution in [3.05, 3.63) is 64.1 Å². The molecule has 2 aromatic carbocycles. The standard InChI is InChI=1S/C22H25BrN2O3/c1-16(2)21(26)24-11-13-25(14-12-24)22(27)18-8-4-6-10-20(18)28-15-17-7-3-5-9-19(17)23/h3-10,16H,11-15H2,1-2H3. The summed E-state index contributed by atoms with van der Waals surface area (Å²) < 4.78 is 6.94. The van der Waals surface area contributed by atoms with E-state index in [0.717, 1.165) is 10.0 Å². The van der Waals surface area contributed by atoms with Crippen molar-refractivity contribution in [2.75, 3.05) is 26.2 Å². The first-order chi connectivity index (χ1) is 13.5. The molecule has 3 rings (SSSR count). The summed E-state index contributed by atoms with van der Waals surface area (Å²) in [6.07, 6.45) is 0. The van der Waals surface area contributed by atoms with Crippen LogP contribution in [-0.4, -0.2) is 47.8 Å². The van der Waals surface area contributed by atoms with E-state index in [1.807, 2.05) is 61.2 Å². The minimum atomic E-state index is -0.0561. The predicted molar refractivity (Wildman–Crippen MR) is 112 cm³/mol. The molecule has 1 saturated heterocycles. The van der Waals surface area contributed by atoms with Gasteiger partial charge in [0.15, 0.2) is 0 Å². The van der Waals surface area contributed by atoms with Crippen molar-refractivity contribution in [2.24, 2.45) is 5.92 Å². The average molecular weight is 445 g/mol. The minimum Gasteiger partial charge on any atom is -0.488 e. The molecular weight excluding hydrogens is 420 g/mol. The topological polar surface area (TPSA) is 49.9 Å². The normalized spacial score (nSPS) is 14.3. The van der Waals surface area contributed by atoms with Crippen LogP contribution in [0.2, 0.25) is 0 Å². The number of hydrogen-bond acceptors (Lipinski definition) is 3. The third-order valence-electron chi connectivity index (χ3n) is 4.83. The van der Waals surface area contributed by atoms with E-state index in [0.29, 0.717) is 44.1 Å². The molecule has 2 aromatic rings. The van der Waals surface area contributed by atoms with E-state index in [1.165, 1.54) is 0 Å². The molecule has 28 heavy (non-hydrogen) atoms. The lowest BCUT2D eigenvalue weighted by atomic mass is 10.1. The summed E-state index contributed by atoms with van der Waals surface area (Å²) in [7, 11) is 0. The lowest BCUT2D eigenvalue weighted by molar-refractivity contribution is -0.135. The Kier molecular flexibility index (Phi) is 6.73. The fourth-order valence-corrected chi connectivity index (χ4v) is 3.60. The summed E-state index contributed by atoms with van der Waals surface area (Å²) in [5.74, 6) is 0.640. The maximum absolute atomic E-state index is 13.0. The van der Waals surface area contributed by atoms with Gasteiger partial charge in [0.1, 0.15) is 12.4 Å². The fourth-order valence-electron chi connectivity index (χ4n) is 3.21. The molecule has 0 bridgehead atoms. The second-order valence-electron chi connectivity index (χ2n) is 7.15. The van der Waals surface area contributed by atoms with Gasteiger partial charge in [0.05, 0.1) is 5.56 Å². The third kappa shape index (κ3) is 4.73. The molecule has 1 aliphatic rings. The highest BCUT2D eigenvalue weighted by Crippen LogP contribution is 2.24. The molecule has 0 aromatic heterocycles. The Labute approximate surface area is 174 Å². The van der Waals surface area contributed by atoms with Crippen LogP contribution < -0.4 is 4.74 Å². The van der Waals surface area contributed by atoms with Crippen LogP contribution in [0.5, 0.6) is 5.75 Å². The van der Waals surface area contributed by atoms with Crippen molar-refractivity contribution in [3.8, 4) is 5.75 Å². The molecule has 1 aliphatic heterocycles. The molecule has 6 heteroatoms. The van der Waals surface area contributed by atoms with Gasteiger partial charge < -0.3 is 14.5 Å². The molecule has 0 unspecified atom stereocenters. The van der Waals surface area contributed by atoms with Crippen molar-refractivity contribution in [1.29, 1.82) is 0 Å². The lowest BCUT2D eigenvalue weighted by Gasteiger charge is -2.35. The van der Waals surface area contributed by atoms with Gasteiger partial charge in [-0.2, -0.15) is 0 Å². The Balaban J connectivity index is 1.66. The van der Waals surface area contributed by atoms with Crippen LogP contribution in [0.15, 0.2) is 53.0 Å². The first kappa shape index (κ1) is 20.4. The van der Waals surface area contributed by atoms with Gasteiger partial charge >= 0.3 is 0 Å². The van der Waals surface area contributed by atoms with Gasteiger partial charge in [-0.3, -0.25) is 9.59 Å². The van der Waals surface area contributed by atoms with Crippen LogP contribution >= 0.6 is 15.9 Å². The Hall–Kier alpha value is -2.34. The highest BCUT2D eigenvalue weighted by Gasteiger charge is 2.27. The number of carbonyl (C=O) groups is 2. The van der Waals surface area contributed by atoms with E-state index in [4.69, 9.17) is 4.74 Å². The number of rotatable bonds is 5. The fraction of sp³-hybridized carbons (Fsp3) is 0.364.